The number of nitrogen functional groups attached to an aromatic ring is 2. The number of ether oxygens (including phenoxy) is 3. The SMILES string of the molecule is COC(=O)CNC(=O)c1cc(Br)c(Oc2ccc(N)c([N+](=O)[O-])c2)c(Br)c1.NC(=O)C(C(=O)O)c1cc(Br)c(Oc2ccc(N)c([N+](=O)[O-])c2)c(Br)c1. The van der Waals surface area contributed by atoms with E-state index in [1.165, 1.54) is 61.7 Å². The van der Waals surface area contributed by atoms with Crippen molar-refractivity contribution in [2.45, 2.75) is 5.92 Å². The summed E-state index contributed by atoms with van der Waals surface area (Å²) in [5.74, 6) is -4.14. The fourth-order valence-corrected chi connectivity index (χ4v) is 6.85. The van der Waals surface area contributed by atoms with Crippen LogP contribution in [0, 0.1) is 20.2 Å². The Hall–Kier alpha value is -5.32. The highest BCUT2D eigenvalue weighted by molar-refractivity contribution is 9.11. The average molecular weight is 992 g/mol. The van der Waals surface area contributed by atoms with E-state index in [0.29, 0.717) is 23.6 Å². The number of primary amides is 1. The number of benzene rings is 4. The van der Waals surface area contributed by atoms with Crippen molar-refractivity contribution >= 4 is 110 Å². The van der Waals surface area contributed by atoms with E-state index < -0.39 is 39.5 Å². The number of carboxylic acids is 1. The summed E-state index contributed by atoms with van der Waals surface area (Å²) in [6.45, 7) is -0.266. The number of nitrogens with two attached hydrogens (primary N) is 3. The highest BCUT2D eigenvalue weighted by Gasteiger charge is 2.28. The lowest BCUT2D eigenvalue weighted by atomic mass is 9.99. The number of nitrogens with zero attached hydrogens (tertiary/aromatic N) is 2. The molecule has 0 heterocycles. The van der Waals surface area contributed by atoms with E-state index in [9.17, 15) is 39.4 Å². The molecule has 2 amide bonds. The molecule has 0 aliphatic rings. The fraction of sp³-hybridized carbons (Fsp3) is 0.0968. The molecule has 4 aromatic carbocycles. The molecule has 18 nitrogen and oxygen atoms in total. The predicted octanol–water partition coefficient (Wildman–Crippen LogP) is 6.54. The number of carboxylic acid groups (broad SMARTS) is 1. The second kappa shape index (κ2) is 18.4. The summed E-state index contributed by atoms with van der Waals surface area (Å²) >= 11 is 13.0. The maximum atomic E-state index is 12.1. The van der Waals surface area contributed by atoms with Crippen LogP contribution >= 0.6 is 63.7 Å². The minimum atomic E-state index is -1.53. The number of nitro groups is 2. The Labute approximate surface area is 331 Å². The summed E-state index contributed by atoms with van der Waals surface area (Å²) in [6, 6.07) is 13.7. The van der Waals surface area contributed by atoms with Gasteiger partial charge >= 0.3 is 11.9 Å². The quantitative estimate of drug-likeness (QED) is 0.0331. The Kier molecular flexibility index (Phi) is 14.6. The van der Waals surface area contributed by atoms with Gasteiger partial charge in [0.1, 0.15) is 29.4 Å². The summed E-state index contributed by atoms with van der Waals surface area (Å²) in [5.41, 5.74) is 16.0. The van der Waals surface area contributed by atoms with Gasteiger partial charge in [0, 0.05) is 5.56 Å². The fourth-order valence-electron chi connectivity index (χ4n) is 4.11. The first-order valence-corrected chi connectivity index (χ1v) is 17.3. The van der Waals surface area contributed by atoms with Crippen LogP contribution in [-0.2, 0) is 19.1 Å². The van der Waals surface area contributed by atoms with Gasteiger partial charge < -0.3 is 41.8 Å². The van der Waals surface area contributed by atoms with Crippen molar-refractivity contribution in [3.63, 3.8) is 0 Å². The molecule has 22 heteroatoms. The third kappa shape index (κ3) is 11.1. The van der Waals surface area contributed by atoms with Gasteiger partial charge in [-0.25, -0.2) is 0 Å². The van der Waals surface area contributed by atoms with Gasteiger partial charge in [-0.3, -0.25) is 39.4 Å². The number of aliphatic carboxylic acids is 1. The highest BCUT2D eigenvalue weighted by atomic mass is 79.9. The van der Waals surface area contributed by atoms with Gasteiger partial charge in [0.2, 0.25) is 5.91 Å². The van der Waals surface area contributed by atoms with Crippen LogP contribution in [0.5, 0.6) is 23.0 Å². The molecule has 0 aromatic heterocycles. The second-order valence-corrected chi connectivity index (χ2v) is 13.6. The maximum absolute atomic E-state index is 12.1. The first-order chi connectivity index (χ1) is 24.8. The zero-order valence-electron chi connectivity index (χ0n) is 26.6. The summed E-state index contributed by atoms with van der Waals surface area (Å²) < 4.78 is 17.2. The number of esters is 1. The normalized spacial score (nSPS) is 10.9. The summed E-state index contributed by atoms with van der Waals surface area (Å²) in [4.78, 5) is 66.5. The van der Waals surface area contributed by atoms with Gasteiger partial charge in [-0.1, -0.05) is 0 Å². The van der Waals surface area contributed by atoms with Crippen molar-refractivity contribution in [3.05, 3.63) is 110 Å². The molecule has 0 aliphatic carbocycles. The van der Waals surface area contributed by atoms with Crippen molar-refractivity contribution < 1.29 is 48.3 Å². The molecule has 4 rings (SSSR count). The van der Waals surface area contributed by atoms with Gasteiger partial charge in [0.15, 0.2) is 17.4 Å². The summed E-state index contributed by atoms with van der Waals surface area (Å²) in [7, 11) is 1.22. The van der Waals surface area contributed by atoms with Gasteiger partial charge in [-0.2, -0.15) is 0 Å². The number of halogens is 4. The molecular weight excluding hydrogens is 968 g/mol. The number of hydrogen-bond donors (Lipinski definition) is 5. The molecule has 0 fully saturated rings. The Morgan fingerprint density at radius 3 is 1.55 bits per heavy atom. The van der Waals surface area contributed by atoms with Crippen LogP contribution < -0.4 is 32.0 Å². The highest BCUT2D eigenvalue weighted by Crippen LogP contribution is 2.41. The standard InChI is InChI=1S/C16H13Br2N3O6.C15H11Br2N3O6/c1-26-14(22)7-20-16(23)8-4-10(17)15(11(18)5-8)27-9-2-3-12(19)13(6-9)21(24)25;16-8-3-6(12(14(19)21)15(22)23)4-9(17)13(8)26-7-1-2-10(18)11(5-7)20(24)25/h2-6H,7,19H2,1H3,(H,20,23);1-5,12H,18H2,(H2,19,21)(H,22,23). The summed E-state index contributed by atoms with van der Waals surface area (Å²) in [5, 5.41) is 33.5. The number of amides is 2. The number of anilines is 2. The first kappa shape index (κ1) is 42.1. The van der Waals surface area contributed by atoms with Crippen LogP contribution in [-0.4, -0.2) is 52.4 Å². The smallest absolute Gasteiger partial charge is 0.325 e. The molecule has 1 atom stereocenters. The second-order valence-electron chi connectivity index (χ2n) is 10.2. The van der Waals surface area contributed by atoms with Crippen LogP contribution in [0.3, 0.4) is 0 Å². The third-order valence-electron chi connectivity index (χ3n) is 6.60. The van der Waals surface area contributed by atoms with Crippen molar-refractivity contribution in [2.75, 3.05) is 25.1 Å². The molecule has 0 spiro atoms. The Balaban J connectivity index is 0.000000286. The molecule has 4 aromatic rings. The Morgan fingerprint density at radius 1 is 0.774 bits per heavy atom. The lowest BCUT2D eigenvalue weighted by Crippen LogP contribution is -2.30. The molecule has 0 aliphatic heterocycles. The molecule has 278 valence electrons. The number of nitro benzene ring substituents is 2. The zero-order chi connectivity index (χ0) is 39.7. The monoisotopic (exact) mass is 988 g/mol. The van der Waals surface area contributed by atoms with Crippen molar-refractivity contribution in [1.82, 2.24) is 5.32 Å². The minimum absolute atomic E-state index is 0.0124. The summed E-state index contributed by atoms with van der Waals surface area (Å²) in [6.07, 6.45) is 0. The Morgan fingerprint density at radius 2 is 1.19 bits per heavy atom. The average Bonchev–Trinajstić information content (AvgIpc) is 3.07. The lowest BCUT2D eigenvalue weighted by Gasteiger charge is -2.14. The number of nitrogens with one attached hydrogen (secondary N) is 1. The number of carbonyl (C=O) groups excluding carboxylic acids is 3. The largest absolute Gasteiger partial charge is 0.480 e. The van der Waals surface area contributed by atoms with Crippen LogP contribution in [0.2, 0.25) is 0 Å². The molecule has 0 bridgehead atoms. The van der Waals surface area contributed by atoms with Gasteiger partial charge in [0.25, 0.3) is 17.3 Å². The van der Waals surface area contributed by atoms with E-state index in [4.69, 9.17) is 31.8 Å². The molecule has 8 N–H and O–H groups in total. The zero-order valence-corrected chi connectivity index (χ0v) is 33.0. The molecule has 1 unspecified atom stereocenters. The van der Waals surface area contributed by atoms with Crippen molar-refractivity contribution in [3.8, 4) is 23.0 Å². The number of rotatable bonds is 12. The van der Waals surface area contributed by atoms with Crippen molar-refractivity contribution in [1.29, 1.82) is 0 Å². The molecule has 0 radical (unpaired) electrons. The molecule has 0 saturated heterocycles. The minimum Gasteiger partial charge on any atom is -0.480 e. The number of hydrogen-bond acceptors (Lipinski definition) is 13. The number of carbonyl (C=O) groups is 4. The van der Waals surface area contributed by atoms with Crippen molar-refractivity contribution in [2.24, 2.45) is 5.73 Å². The third-order valence-corrected chi connectivity index (χ3v) is 8.96. The lowest BCUT2D eigenvalue weighted by molar-refractivity contribution is -0.384. The topological polar surface area (TPSA) is 293 Å². The molecular formula is C31H24Br4N6O12. The van der Waals surface area contributed by atoms with E-state index in [2.05, 4.69) is 73.8 Å². The van der Waals surface area contributed by atoms with Gasteiger partial charge in [-0.15, -0.1) is 0 Å². The van der Waals surface area contributed by atoms with E-state index >= 15 is 0 Å². The van der Waals surface area contributed by atoms with Gasteiger partial charge in [0.05, 0.1) is 47.0 Å². The van der Waals surface area contributed by atoms with E-state index in [0.717, 1.165) is 6.07 Å². The van der Waals surface area contributed by atoms with Crippen LogP contribution in [0.1, 0.15) is 21.8 Å². The Bertz CT molecular complexity index is 2080. The van der Waals surface area contributed by atoms with Gasteiger partial charge in [-0.05, 0) is 118 Å². The van der Waals surface area contributed by atoms with Crippen LogP contribution in [0.25, 0.3) is 0 Å². The van der Waals surface area contributed by atoms with Crippen LogP contribution in [0.4, 0.5) is 22.7 Å². The van der Waals surface area contributed by atoms with E-state index in [-0.39, 0.29) is 57.7 Å². The molecule has 53 heavy (non-hydrogen) atoms. The van der Waals surface area contributed by atoms with E-state index in [1.54, 1.807) is 0 Å². The first-order valence-electron chi connectivity index (χ1n) is 14.1. The molecule has 0 saturated carbocycles. The predicted molar refractivity (Wildman–Crippen MR) is 203 cm³/mol. The number of methoxy groups -OCH3 is 1. The van der Waals surface area contributed by atoms with E-state index in [1.807, 2.05) is 0 Å². The maximum Gasteiger partial charge on any atom is 0.325 e. The van der Waals surface area contributed by atoms with Crippen LogP contribution in [0.15, 0.2) is 78.6 Å².